The molecule has 0 spiro atoms. The highest BCUT2D eigenvalue weighted by atomic mass is 16.6. The van der Waals surface area contributed by atoms with Crippen LogP contribution in [0.1, 0.15) is 122 Å². The second-order valence-electron chi connectivity index (χ2n) is 15.7. The van der Waals surface area contributed by atoms with Crippen LogP contribution in [0, 0.1) is 66.6 Å². The molecule has 0 radical (unpaired) electrons. The zero-order valence-electron chi connectivity index (χ0n) is 28.5. The average Bonchev–Trinajstić information content (AvgIpc) is 3.37. The van der Waals surface area contributed by atoms with E-state index in [-0.39, 0.29) is 18.3 Å². The number of ether oxygens (including phenoxy) is 2. The van der Waals surface area contributed by atoms with Gasteiger partial charge in [0.15, 0.2) is 0 Å². The van der Waals surface area contributed by atoms with Crippen LogP contribution in [-0.4, -0.2) is 34.5 Å². The summed E-state index contributed by atoms with van der Waals surface area (Å²) in [5.41, 5.74) is -0.672. The zero-order chi connectivity index (χ0) is 33.9. The Hall–Kier alpha value is -3.30. The highest BCUT2D eigenvalue weighted by molar-refractivity contribution is 5.91. The van der Waals surface area contributed by atoms with Crippen LogP contribution in [0.4, 0.5) is 11.4 Å². The molecule has 0 bridgehead atoms. The van der Waals surface area contributed by atoms with Crippen LogP contribution in [-0.2, 0) is 14.3 Å². The number of hydrogen-bond acceptors (Lipinski definition) is 8. The summed E-state index contributed by atoms with van der Waals surface area (Å²) in [4.78, 5) is 45.6. The predicted molar refractivity (Wildman–Crippen MR) is 178 cm³/mol. The van der Waals surface area contributed by atoms with Crippen LogP contribution in [0.15, 0.2) is 30.4 Å². The molecule has 1 aromatic rings. The molecule has 4 saturated carbocycles. The first kappa shape index (κ1) is 35.0. The SMILES string of the molecule is CC(C)CCCCC1CCC2C3CCC4CC(OC(=O)/C=C/COC(=O)c5cc([N+](=O)[O-])cc([N+](=O)[O-])c5)CCC4(C)C3CCC12C. The van der Waals surface area contributed by atoms with Gasteiger partial charge in [-0.1, -0.05) is 47.0 Å². The molecule has 47 heavy (non-hydrogen) atoms. The first-order chi connectivity index (χ1) is 22.3. The van der Waals surface area contributed by atoms with Crippen LogP contribution in [0.3, 0.4) is 0 Å². The van der Waals surface area contributed by atoms with E-state index < -0.39 is 33.2 Å². The van der Waals surface area contributed by atoms with Crippen molar-refractivity contribution in [2.24, 2.45) is 46.3 Å². The van der Waals surface area contributed by atoms with Gasteiger partial charge in [0.25, 0.3) is 11.4 Å². The Kier molecular flexibility index (Phi) is 10.8. The molecule has 0 heterocycles. The number of nitrogens with zero attached hydrogens (tertiary/aromatic N) is 2. The van der Waals surface area contributed by atoms with Gasteiger partial charge < -0.3 is 9.47 Å². The van der Waals surface area contributed by atoms with Crippen molar-refractivity contribution < 1.29 is 28.9 Å². The molecule has 4 aliphatic rings. The summed E-state index contributed by atoms with van der Waals surface area (Å²) < 4.78 is 10.9. The number of nitro groups is 2. The fourth-order valence-electron chi connectivity index (χ4n) is 10.3. The third-order valence-electron chi connectivity index (χ3n) is 12.8. The van der Waals surface area contributed by atoms with E-state index in [1.54, 1.807) is 0 Å². The van der Waals surface area contributed by atoms with Gasteiger partial charge in [-0.15, -0.1) is 0 Å². The van der Waals surface area contributed by atoms with Crippen LogP contribution in [0.25, 0.3) is 0 Å². The third-order valence-corrected chi connectivity index (χ3v) is 12.8. The van der Waals surface area contributed by atoms with Crippen molar-refractivity contribution in [2.45, 2.75) is 117 Å². The summed E-state index contributed by atoms with van der Waals surface area (Å²) in [6.45, 7) is 9.54. The molecule has 10 nitrogen and oxygen atoms in total. The van der Waals surface area contributed by atoms with Crippen LogP contribution < -0.4 is 0 Å². The second-order valence-corrected chi connectivity index (χ2v) is 15.7. The molecule has 4 aliphatic carbocycles. The minimum atomic E-state index is -0.963. The summed E-state index contributed by atoms with van der Waals surface area (Å²) in [6, 6.07) is 2.62. The van der Waals surface area contributed by atoms with Crippen molar-refractivity contribution in [1.29, 1.82) is 0 Å². The molecule has 4 fully saturated rings. The summed E-state index contributed by atoms with van der Waals surface area (Å²) in [5, 5.41) is 22.2. The Morgan fingerprint density at radius 3 is 2.28 bits per heavy atom. The molecule has 0 aromatic heterocycles. The van der Waals surface area contributed by atoms with Gasteiger partial charge in [-0.3, -0.25) is 20.2 Å². The van der Waals surface area contributed by atoms with Gasteiger partial charge in [0.2, 0.25) is 0 Å². The molecule has 8 atom stereocenters. The van der Waals surface area contributed by atoms with Crippen molar-refractivity contribution in [2.75, 3.05) is 6.61 Å². The van der Waals surface area contributed by atoms with Crippen molar-refractivity contribution in [1.82, 2.24) is 0 Å². The van der Waals surface area contributed by atoms with Gasteiger partial charge in [-0.2, -0.15) is 0 Å². The lowest BCUT2D eigenvalue weighted by molar-refractivity contribution is -0.394. The van der Waals surface area contributed by atoms with Gasteiger partial charge in [0.1, 0.15) is 12.7 Å². The number of rotatable bonds is 12. The first-order valence-electron chi connectivity index (χ1n) is 17.8. The molecule has 0 aliphatic heterocycles. The number of carbonyl (C=O) groups excluding carboxylic acids is 2. The van der Waals surface area contributed by atoms with E-state index in [9.17, 15) is 29.8 Å². The van der Waals surface area contributed by atoms with Crippen molar-refractivity contribution in [3.8, 4) is 0 Å². The third kappa shape index (κ3) is 7.56. The number of fused-ring (bicyclic) bond motifs is 5. The molecule has 1 aromatic carbocycles. The molecule has 0 saturated heterocycles. The van der Waals surface area contributed by atoms with E-state index in [2.05, 4.69) is 27.7 Å². The fraction of sp³-hybridized carbons (Fsp3) is 0.730. The number of non-ortho nitro benzene ring substituents is 2. The average molecular weight is 653 g/mol. The number of nitro benzene ring substituents is 2. The van der Waals surface area contributed by atoms with E-state index in [4.69, 9.17) is 9.47 Å². The van der Waals surface area contributed by atoms with Crippen LogP contribution in [0.2, 0.25) is 0 Å². The van der Waals surface area contributed by atoms with Gasteiger partial charge in [0, 0.05) is 18.2 Å². The Bertz CT molecular complexity index is 1340. The fourth-order valence-corrected chi connectivity index (χ4v) is 10.3. The topological polar surface area (TPSA) is 139 Å². The lowest BCUT2D eigenvalue weighted by Crippen LogP contribution is -2.54. The summed E-state index contributed by atoms with van der Waals surface area (Å²) in [6.07, 6.45) is 18.8. The van der Waals surface area contributed by atoms with Crippen LogP contribution >= 0.6 is 0 Å². The first-order valence-corrected chi connectivity index (χ1v) is 17.8. The number of benzene rings is 1. The number of esters is 2. The molecule has 5 rings (SSSR count). The Morgan fingerprint density at radius 1 is 0.915 bits per heavy atom. The largest absolute Gasteiger partial charge is 0.459 e. The molecular formula is C37H52N2O8. The van der Waals surface area contributed by atoms with Gasteiger partial charge in [-0.05, 0) is 117 Å². The summed E-state index contributed by atoms with van der Waals surface area (Å²) >= 11 is 0. The maximum absolute atomic E-state index is 12.7. The zero-order valence-corrected chi connectivity index (χ0v) is 28.5. The number of unbranched alkanes of at least 4 members (excludes halogenated alkanes) is 1. The van der Waals surface area contributed by atoms with E-state index in [1.807, 2.05) is 0 Å². The minimum Gasteiger partial charge on any atom is -0.459 e. The van der Waals surface area contributed by atoms with Crippen molar-refractivity contribution in [3.63, 3.8) is 0 Å². The normalized spacial score (nSPS) is 33.1. The highest BCUT2D eigenvalue weighted by Gasteiger charge is 2.60. The monoisotopic (exact) mass is 652 g/mol. The quantitative estimate of drug-likeness (QED) is 0.0716. The molecule has 8 unspecified atom stereocenters. The Labute approximate surface area is 278 Å². The van der Waals surface area contributed by atoms with Gasteiger partial charge in [0.05, 0.1) is 21.5 Å². The summed E-state index contributed by atoms with van der Waals surface area (Å²) in [7, 11) is 0. The number of hydrogen-bond donors (Lipinski definition) is 0. The Morgan fingerprint density at radius 2 is 1.60 bits per heavy atom. The lowest BCUT2D eigenvalue weighted by Gasteiger charge is -2.61. The smallest absolute Gasteiger partial charge is 0.338 e. The molecule has 0 N–H and O–H groups in total. The highest BCUT2D eigenvalue weighted by Crippen LogP contribution is 2.68. The van der Waals surface area contributed by atoms with E-state index in [1.165, 1.54) is 76.4 Å². The molecular weight excluding hydrogens is 600 g/mol. The lowest BCUT2D eigenvalue weighted by atomic mass is 9.44. The standard InChI is InChI=1S/C37H52N2O8/c1-24(2)8-5-6-9-26-12-14-32-31-13-11-27-22-30(15-17-37(27,4)33(31)16-18-36(26,32)3)47-34(40)10-7-19-46-35(41)25-20-28(38(42)43)23-29(21-25)39(44)45/h7,10,20-21,23-24,26-27,30-33H,5-6,8-9,11-19,22H2,1-4H3/b10-7+. The Balaban J connectivity index is 1.10. The van der Waals surface area contributed by atoms with E-state index in [0.717, 1.165) is 67.1 Å². The van der Waals surface area contributed by atoms with E-state index in [0.29, 0.717) is 16.7 Å². The summed E-state index contributed by atoms with van der Waals surface area (Å²) in [5.74, 6) is 3.23. The molecule has 10 heteroatoms. The minimum absolute atomic E-state index is 0.134. The van der Waals surface area contributed by atoms with Crippen molar-refractivity contribution >= 4 is 23.3 Å². The predicted octanol–water partition coefficient (Wildman–Crippen LogP) is 9.00. The second kappa shape index (κ2) is 14.4. The van der Waals surface area contributed by atoms with Gasteiger partial charge >= 0.3 is 11.9 Å². The van der Waals surface area contributed by atoms with E-state index >= 15 is 0 Å². The van der Waals surface area contributed by atoms with Gasteiger partial charge in [-0.25, -0.2) is 9.59 Å². The molecule has 258 valence electrons. The maximum atomic E-state index is 12.7. The van der Waals surface area contributed by atoms with Crippen LogP contribution in [0.5, 0.6) is 0 Å². The maximum Gasteiger partial charge on any atom is 0.338 e. The van der Waals surface area contributed by atoms with Crippen molar-refractivity contribution in [3.05, 3.63) is 56.1 Å². The molecule has 0 amide bonds. The number of carbonyl (C=O) groups is 2.